The number of benzene rings is 2. The molecule has 2 aromatic carbocycles. The van der Waals surface area contributed by atoms with Crippen LogP contribution in [0.1, 0.15) is 5.56 Å². The van der Waals surface area contributed by atoms with Gasteiger partial charge in [0.2, 0.25) is 5.91 Å². The topological polar surface area (TPSA) is 41.6 Å². The van der Waals surface area contributed by atoms with E-state index in [0.29, 0.717) is 11.6 Å². The molecule has 6 heteroatoms. The molecule has 0 unspecified atom stereocenters. The number of methoxy groups -OCH3 is 1. The number of carbonyl (C=O) groups is 1. The molecule has 0 saturated heterocycles. The Morgan fingerprint density at radius 1 is 1.30 bits per heavy atom. The van der Waals surface area contributed by atoms with Crippen molar-refractivity contribution in [3.63, 3.8) is 0 Å². The Morgan fingerprint density at radius 2 is 2.04 bits per heavy atom. The molecule has 0 aromatic heterocycles. The van der Waals surface area contributed by atoms with E-state index in [2.05, 4.69) is 5.32 Å². The Bertz CT molecular complexity index is 694. The molecule has 0 fully saturated rings. The maximum Gasteiger partial charge on any atom is 0.241 e. The van der Waals surface area contributed by atoms with Crippen LogP contribution >= 0.6 is 11.6 Å². The molecule has 0 spiro atoms. The van der Waals surface area contributed by atoms with Crippen molar-refractivity contribution in [1.82, 2.24) is 4.90 Å². The number of anilines is 1. The fraction of sp³-hybridized carbons (Fsp3) is 0.235. The highest BCUT2D eigenvalue weighted by Gasteiger charge is 2.12. The number of hydrogen-bond donors (Lipinski definition) is 1. The highest BCUT2D eigenvalue weighted by atomic mass is 35.5. The van der Waals surface area contributed by atoms with Crippen LogP contribution in [0.4, 0.5) is 10.1 Å². The van der Waals surface area contributed by atoms with Gasteiger partial charge in [-0.1, -0.05) is 29.8 Å². The van der Waals surface area contributed by atoms with Gasteiger partial charge in [-0.05, 0) is 24.3 Å². The van der Waals surface area contributed by atoms with Crippen LogP contribution in [-0.4, -0.2) is 31.5 Å². The largest absolute Gasteiger partial charge is 0.496 e. The van der Waals surface area contributed by atoms with E-state index in [0.717, 1.165) is 11.3 Å². The second-order valence-corrected chi connectivity index (χ2v) is 5.48. The van der Waals surface area contributed by atoms with Crippen LogP contribution in [-0.2, 0) is 11.3 Å². The van der Waals surface area contributed by atoms with E-state index in [4.69, 9.17) is 16.3 Å². The van der Waals surface area contributed by atoms with Gasteiger partial charge in [0.1, 0.15) is 11.6 Å². The summed E-state index contributed by atoms with van der Waals surface area (Å²) in [5.74, 6) is 0.0757. The summed E-state index contributed by atoms with van der Waals surface area (Å²) >= 11 is 5.69. The SMILES string of the molecule is COc1ccccc1CN(C)C(=O)CNc1ccc(Cl)cc1F. The molecule has 2 aromatic rings. The second kappa shape index (κ2) is 7.83. The molecule has 1 N–H and O–H groups in total. The van der Waals surface area contributed by atoms with Crippen LogP contribution in [0.2, 0.25) is 5.02 Å². The molecule has 122 valence electrons. The third-order valence-corrected chi connectivity index (χ3v) is 3.62. The number of para-hydroxylation sites is 1. The van der Waals surface area contributed by atoms with Crippen LogP contribution in [0.3, 0.4) is 0 Å². The molecule has 2 rings (SSSR count). The molecule has 0 aliphatic carbocycles. The van der Waals surface area contributed by atoms with E-state index in [1.54, 1.807) is 25.1 Å². The summed E-state index contributed by atoms with van der Waals surface area (Å²) in [5, 5.41) is 3.09. The predicted molar refractivity (Wildman–Crippen MR) is 89.4 cm³/mol. The van der Waals surface area contributed by atoms with Gasteiger partial charge in [0.15, 0.2) is 0 Å². The molecule has 0 radical (unpaired) electrons. The van der Waals surface area contributed by atoms with Crippen molar-refractivity contribution in [2.75, 3.05) is 26.0 Å². The minimum atomic E-state index is -0.488. The van der Waals surface area contributed by atoms with Gasteiger partial charge in [-0.2, -0.15) is 0 Å². The molecule has 1 amide bonds. The highest BCUT2D eigenvalue weighted by molar-refractivity contribution is 6.30. The smallest absolute Gasteiger partial charge is 0.241 e. The quantitative estimate of drug-likeness (QED) is 0.877. The number of likely N-dealkylation sites (N-methyl/N-ethyl adjacent to an activating group) is 1. The summed E-state index contributed by atoms with van der Waals surface area (Å²) in [6.45, 7) is 0.401. The summed E-state index contributed by atoms with van der Waals surface area (Å²) in [5.41, 5.74) is 1.15. The van der Waals surface area contributed by atoms with Crippen LogP contribution in [0, 0.1) is 5.82 Å². The van der Waals surface area contributed by atoms with E-state index in [1.165, 1.54) is 12.1 Å². The molecule has 0 atom stereocenters. The van der Waals surface area contributed by atoms with Crippen LogP contribution in [0.5, 0.6) is 5.75 Å². The van der Waals surface area contributed by atoms with Crippen molar-refractivity contribution in [2.24, 2.45) is 0 Å². The van der Waals surface area contributed by atoms with Crippen molar-refractivity contribution in [3.8, 4) is 5.75 Å². The maximum atomic E-state index is 13.7. The lowest BCUT2D eigenvalue weighted by Crippen LogP contribution is -2.32. The molecule has 0 aliphatic rings. The normalized spacial score (nSPS) is 10.3. The Kier molecular flexibility index (Phi) is 5.82. The van der Waals surface area contributed by atoms with E-state index in [9.17, 15) is 9.18 Å². The molecule has 0 saturated carbocycles. The lowest BCUT2D eigenvalue weighted by molar-refractivity contribution is -0.128. The zero-order valence-electron chi connectivity index (χ0n) is 13.0. The Morgan fingerprint density at radius 3 is 2.74 bits per heavy atom. The third-order valence-electron chi connectivity index (χ3n) is 3.39. The van der Waals surface area contributed by atoms with Crippen LogP contribution < -0.4 is 10.1 Å². The number of hydrogen-bond acceptors (Lipinski definition) is 3. The van der Waals surface area contributed by atoms with Crippen LogP contribution in [0.15, 0.2) is 42.5 Å². The Hall–Kier alpha value is -2.27. The number of ether oxygens (including phenoxy) is 1. The summed E-state index contributed by atoms with van der Waals surface area (Å²) in [6, 6.07) is 11.8. The number of nitrogens with zero attached hydrogens (tertiary/aromatic N) is 1. The molecule has 4 nitrogen and oxygen atoms in total. The first-order chi connectivity index (χ1) is 11.0. The monoisotopic (exact) mass is 336 g/mol. The Balaban J connectivity index is 1.95. The highest BCUT2D eigenvalue weighted by Crippen LogP contribution is 2.20. The summed E-state index contributed by atoms with van der Waals surface area (Å²) in [6.07, 6.45) is 0. The second-order valence-electron chi connectivity index (χ2n) is 5.04. The van der Waals surface area contributed by atoms with Gasteiger partial charge in [0, 0.05) is 24.2 Å². The van der Waals surface area contributed by atoms with Gasteiger partial charge < -0.3 is 15.0 Å². The molecular formula is C17H18ClFN2O2. The minimum Gasteiger partial charge on any atom is -0.496 e. The predicted octanol–water partition coefficient (Wildman–Crippen LogP) is 3.56. The van der Waals surface area contributed by atoms with Crippen LogP contribution in [0.25, 0.3) is 0 Å². The van der Waals surface area contributed by atoms with Crippen molar-refractivity contribution in [1.29, 1.82) is 0 Å². The fourth-order valence-electron chi connectivity index (χ4n) is 2.12. The van der Waals surface area contributed by atoms with Gasteiger partial charge in [-0.3, -0.25) is 4.79 Å². The van der Waals surface area contributed by atoms with Crippen molar-refractivity contribution >= 4 is 23.2 Å². The standard InChI is InChI=1S/C17H18ClFN2O2/c1-21(11-12-5-3-4-6-16(12)23-2)17(22)10-20-15-8-7-13(18)9-14(15)19/h3-9,20H,10-11H2,1-2H3. The summed E-state index contributed by atoms with van der Waals surface area (Å²) < 4.78 is 18.9. The van der Waals surface area contributed by atoms with Gasteiger partial charge in [0.05, 0.1) is 19.3 Å². The minimum absolute atomic E-state index is 0.00972. The van der Waals surface area contributed by atoms with E-state index in [1.807, 2.05) is 24.3 Å². The van der Waals surface area contributed by atoms with Crippen molar-refractivity contribution in [2.45, 2.75) is 6.54 Å². The van der Waals surface area contributed by atoms with Gasteiger partial charge >= 0.3 is 0 Å². The molecule has 23 heavy (non-hydrogen) atoms. The summed E-state index contributed by atoms with van der Waals surface area (Å²) in [7, 11) is 3.28. The van der Waals surface area contributed by atoms with Gasteiger partial charge in [-0.25, -0.2) is 4.39 Å². The van der Waals surface area contributed by atoms with Crippen molar-refractivity contribution in [3.05, 3.63) is 58.9 Å². The molecule has 0 heterocycles. The maximum absolute atomic E-state index is 13.7. The number of carbonyl (C=O) groups excluding carboxylic acids is 1. The third kappa shape index (κ3) is 4.60. The number of rotatable bonds is 6. The first-order valence-electron chi connectivity index (χ1n) is 7.06. The fourth-order valence-corrected chi connectivity index (χ4v) is 2.27. The average molecular weight is 337 g/mol. The van der Waals surface area contributed by atoms with E-state index in [-0.39, 0.29) is 18.1 Å². The first-order valence-corrected chi connectivity index (χ1v) is 7.44. The summed E-state index contributed by atoms with van der Waals surface area (Å²) in [4.78, 5) is 13.7. The lowest BCUT2D eigenvalue weighted by Gasteiger charge is -2.19. The Labute approximate surface area is 139 Å². The number of nitrogens with one attached hydrogen (secondary N) is 1. The van der Waals surface area contributed by atoms with Gasteiger partial charge in [0.25, 0.3) is 0 Å². The average Bonchev–Trinajstić information content (AvgIpc) is 2.54. The van der Waals surface area contributed by atoms with Crippen molar-refractivity contribution < 1.29 is 13.9 Å². The zero-order chi connectivity index (χ0) is 16.8. The van der Waals surface area contributed by atoms with E-state index >= 15 is 0 Å². The molecule has 0 aliphatic heterocycles. The lowest BCUT2D eigenvalue weighted by atomic mass is 10.2. The number of amides is 1. The van der Waals surface area contributed by atoms with E-state index < -0.39 is 5.82 Å². The zero-order valence-corrected chi connectivity index (χ0v) is 13.7. The number of halogens is 2. The van der Waals surface area contributed by atoms with Gasteiger partial charge in [-0.15, -0.1) is 0 Å². The molecular weight excluding hydrogens is 319 g/mol. The molecule has 0 bridgehead atoms. The first kappa shape index (κ1) is 17.1.